The molecular weight excluding hydrogens is 394 g/mol. The van der Waals surface area contributed by atoms with Gasteiger partial charge in [-0.15, -0.1) is 11.3 Å². The number of carbonyl (C=O) groups is 1. The van der Waals surface area contributed by atoms with Gasteiger partial charge in [0.1, 0.15) is 5.01 Å². The zero-order valence-electron chi connectivity index (χ0n) is 15.5. The monoisotopic (exact) mass is 413 g/mol. The predicted molar refractivity (Wildman–Crippen MR) is 110 cm³/mol. The summed E-state index contributed by atoms with van der Waals surface area (Å²) in [7, 11) is 0. The number of nitrogens with zero attached hydrogens (tertiary/aromatic N) is 4. The van der Waals surface area contributed by atoms with Crippen molar-refractivity contribution in [3.63, 3.8) is 0 Å². The first kappa shape index (κ1) is 18.8. The number of thiazole rings is 1. The van der Waals surface area contributed by atoms with E-state index < -0.39 is 0 Å². The van der Waals surface area contributed by atoms with Gasteiger partial charge in [-0.2, -0.15) is 0 Å². The molecule has 1 aliphatic heterocycles. The summed E-state index contributed by atoms with van der Waals surface area (Å²) in [6.07, 6.45) is 5.37. The minimum Gasteiger partial charge on any atom is -0.351 e. The van der Waals surface area contributed by atoms with Gasteiger partial charge in [0, 0.05) is 46.8 Å². The van der Waals surface area contributed by atoms with Crippen molar-refractivity contribution >= 4 is 29.0 Å². The molecule has 3 aromatic rings. The maximum Gasteiger partial charge on any atom is 0.257 e. The average molecular weight is 414 g/mol. The molecule has 3 aromatic heterocycles. The minimum absolute atomic E-state index is 0.0628. The van der Waals surface area contributed by atoms with Crippen LogP contribution in [0.3, 0.4) is 0 Å². The first-order chi connectivity index (χ1) is 13.5. The fraction of sp³-hybridized carbons (Fsp3) is 0.316. The molecule has 1 aliphatic rings. The number of hydrogen-bond donors (Lipinski definition) is 1. The molecule has 9 heteroatoms. The topological polar surface area (TPSA) is 89.8 Å². The Kier molecular flexibility index (Phi) is 5.27. The highest BCUT2D eigenvalue weighted by Gasteiger charge is 2.27. The molecule has 1 unspecified atom stereocenters. The number of amides is 1. The molecule has 0 aliphatic carbocycles. The molecule has 0 fully saturated rings. The number of pyridine rings is 1. The zero-order chi connectivity index (χ0) is 19.7. The second kappa shape index (κ2) is 7.84. The number of rotatable bonds is 5. The molecule has 0 spiro atoms. The number of thioether (sulfide) groups is 1. The van der Waals surface area contributed by atoms with Crippen LogP contribution >= 0.6 is 23.1 Å². The first-order valence-electron chi connectivity index (χ1n) is 8.87. The zero-order valence-corrected chi connectivity index (χ0v) is 17.1. The van der Waals surface area contributed by atoms with Crippen molar-refractivity contribution in [1.29, 1.82) is 0 Å². The van der Waals surface area contributed by atoms with Gasteiger partial charge < -0.3 is 5.32 Å². The lowest BCUT2D eigenvalue weighted by atomic mass is 10.2. The van der Waals surface area contributed by atoms with Crippen molar-refractivity contribution in [2.45, 2.75) is 38.0 Å². The molecule has 0 bridgehead atoms. The van der Waals surface area contributed by atoms with E-state index in [1.54, 1.807) is 41.4 Å². The van der Waals surface area contributed by atoms with Gasteiger partial charge in [-0.25, -0.2) is 9.97 Å². The second-order valence-corrected chi connectivity index (χ2v) is 8.68. The standard InChI is InChI=1S/C19H19N5O2S2/c1-11-7-22-19-24(18(11)26)14(10-27-19)6-16(25)21-9-15-12(2)23-17(28-15)13-4-3-5-20-8-13/h3-5,7-8,14H,6,9-10H2,1-2H3,(H,21,25). The average Bonchev–Trinajstić information content (AvgIpc) is 3.27. The van der Waals surface area contributed by atoms with Gasteiger partial charge in [0.05, 0.1) is 18.3 Å². The highest BCUT2D eigenvalue weighted by atomic mass is 32.2. The second-order valence-electron chi connectivity index (χ2n) is 6.61. The Morgan fingerprint density at radius 3 is 3.00 bits per heavy atom. The number of fused-ring (bicyclic) bond motifs is 1. The van der Waals surface area contributed by atoms with E-state index in [1.165, 1.54) is 11.8 Å². The van der Waals surface area contributed by atoms with Crippen molar-refractivity contribution in [3.8, 4) is 10.6 Å². The van der Waals surface area contributed by atoms with Crippen molar-refractivity contribution in [1.82, 2.24) is 24.8 Å². The maximum absolute atomic E-state index is 12.5. The van der Waals surface area contributed by atoms with Gasteiger partial charge >= 0.3 is 0 Å². The van der Waals surface area contributed by atoms with Crippen LogP contribution in [0, 0.1) is 13.8 Å². The van der Waals surface area contributed by atoms with E-state index in [-0.39, 0.29) is 23.9 Å². The molecule has 4 rings (SSSR count). The van der Waals surface area contributed by atoms with Crippen LogP contribution in [0.25, 0.3) is 10.6 Å². The van der Waals surface area contributed by atoms with Gasteiger partial charge in [-0.3, -0.25) is 19.1 Å². The molecule has 1 N–H and O–H groups in total. The molecule has 0 aromatic carbocycles. The van der Waals surface area contributed by atoms with Crippen LogP contribution < -0.4 is 10.9 Å². The van der Waals surface area contributed by atoms with Crippen molar-refractivity contribution in [2.24, 2.45) is 0 Å². The number of hydrogen-bond acceptors (Lipinski definition) is 7. The third kappa shape index (κ3) is 3.72. The van der Waals surface area contributed by atoms with Gasteiger partial charge in [0.25, 0.3) is 5.56 Å². The molecule has 144 valence electrons. The van der Waals surface area contributed by atoms with E-state index in [2.05, 4.69) is 20.3 Å². The Balaban J connectivity index is 1.41. The van der Waals surface area contributed by atoms with Crippen molar-refractivity contribution in [3.05, 3.63) is 57.2 Å². The molecule has 1 amide bonds. The van der Waals surface area contributed by atoms with Crippen LogP contribution in [0.2, 0.25) is 0 Å². The van der Waals surface area contributed by atoms with Gasteiger partial charge in [0.2, 0.25) is 5.91 Å². The molecule has 0 saturated heterocycles. The minimum atomic E-state index is -0.159. The molecule has 7 nitrogen and oxygen atoms in total. The predicted octanol–water partition coefficient (Wildman–Crippen LogP) is 2.73. The summed E-state index contributed by atoms with van der Waals surface area (Å²) in [6, 6.07) is 3.69. The SMILES string of the molecule is Cc1nc(-c2cccnc2)sc1CNC(=O)CC1CSc2ncc(C)c(=O)n21. The van der Waals surface area contributed by atoms with Crippen LogP contribution in [-0.2, 0) is 11.3 Å². The molecule has 0 saturated carbocycles. The number of carbonyl (C=O) groups excluding carboxylic acids is 1. The van der Waals surface area contributed by atoms with Crippen LogP contribution in [0.15, 0.2) is 40.7 Å². The van der Waals surface area contributed by atoms with Crippen molar-refractivity contribution < 1.29 is 4.79 Å². The Morgan fingerprint density at radius 1 is 1.36 bits per heavy atom. The molecular formula is C19H19N5O2S2. The first-order valence-corrected chi connectivity index (χ1v) is 10.7. The molecule has 4 heterocycles. The number of aryl methyl sites for hydroxylation is 2. The van der Waals surface area contributed by atoms with Gasteiger partial charge in [0.15, 0.2) is 5.16 Å². The highest BCUT2D eigenvalue weighted by molar-refractivity contribution is 7.99. The lowest BCUT2D eigenvalue weighted by molar-refractivity contribution is -0.121. The van der Waals surface area contributed by atoms with Crippen LogP contribution in [-0.4, -0.2) is 31.2 Å². The van der Waals surface area contributed by atoms with E-state index >= 15 is 0 Å². The normalized spacial score (nSPS) is 15.4. The summed E-state index contributed by atoms with van der Waals surface area (Å²) in [5.41, 5.74) is 2.41. The lowest BCUT2D eigenvalue weighted by Crippen LogP contribution is -2.31. The summed E-state index contributed by atoms with van der Waals surface area (Å²) in [5, 5.41) is 4.55. The third-order valence-corrected chi connectivity index (χ3v) is 6.89. The van der Waals surface area contributed by atoms with E-state index in [9.17, 15) is 9.59 Å². The van der Waals surface area contributed by atoms with Gasteiger partial charge in [-0.1, -0.05) is 11.8 Å². The molecule has 1 atom stereocenters. The van der Waals surface area contributed by atoms with Crippen LogP contribution in [0.5, 0.6) is 0 Å². The highest BCUT2D eigenvalue weighted by Crippen LogP contribution is 2.32. The van der Waals surface area contributed by atoms with Crippen LogP contribution in [0.4, 0.5) is 0 Å². The number of nitrogens with one attached hydrogen (secondary N) is 1. The van der Waals surface area contributed by atoms with E-state index in [1.807, 2.05) is 19.1 Å². The summed E-state index contributed by atoms with van der Waals surface area (Å²) >= 11 is 3.07. The lowest BCUT2D eigenvalue weighted by Gasteiger charge is -2.13. The molecule has 0 radical (unpaired) electrons. The third-order valence-electron chi connectivity index (χ3n) is 4.57. The number of aromatic nitrogens is 4. The summed E-state index contributed by atoms with van der Waals surface area (Å²) in [6.45, 7) is 4.11. The Labute approximate surface area is 170 Å². The van der Waals surface area contributed by atoms with Gasteiger partial charge in [-0.05, 0) is 26.0 Å². The Morgan fingerprint density at radius 2 is 2.21 bits per heavy atom. The smallest absolute Gasteiger partial charge is 0.257 e. The van der Waals surface area contributed by atoms with E-state index in [4.69, 9.17) is 0 Å². The molecule has 28 heavy (non-hydrogen) atoms. The van der Waals surface area contributed by atoms with Crippen LogP contribution in [0.1, 0.15) is 28.6 Å². The fourth-order valence-electron chi connectivity index (χ4n) is 3.04. The largest absolute Gasteiger partial charge is 0.351 e. The summed E-state index contributed by atoms with van der Waals surface area (Å²) in [4.78, 5) is 38.9. The van der Waals surface area contributed by atoms with Crippen molar-refractivity contribution in [2.75, 3.05) is 5.75 Å². The summed E-state index contributed by atoms with van der Waals surface area (Å²) in [5.74, 6) is 0.603. The van der Waals surface area contributed by atoms with E-state index in [0.717, 1.165) is 21.1 Å². The maximum atomic E-state index is 12.5. The Hall–Kier alpha value is -2.52. The summed E-state index contributed by atoms with van der Waals surface area (Å²) < 4.78 is 1.65. The Bertz CT molecular complexity index is 1080. The fourth-order valence-corrected chi connectivity index (χ4v) is 5.14. The van der Waals surface area contributed by atoms with E-state index in [0.29, 0.717) is 23.0 Å². The quantitative estimate of drug-likeness (QED) is 0.647.